The number of amides is 1. The number of rotatable bonds is 10. The first-order valence-corrected chi connectivity index (χ1v) is 10.1. The van der Waals surface area contributed by atoms with Crippen LogP contribution >= 0.6 is 11.6 Å². The molecule has 0 bridgehead atoms. The van der Waals surface area contributed by atoms with Crippen LogP contribution in [0, 0.1) is 10.1 Å². The Labute approximate surface area is 195 Å². The maximum atomic E-state index is 12.4. The van der Waals surface area contributed by atoms with Crippen molar-refractivity contribution in [1.29, 1.82) is 0 Å². The number of ether oxygens (including phenoxy) is 4. The van der Waals surface area contributed by atoms with Crippen molar-refractivity contribution >= 4 is 40.9 Å². The predicted octanol–water partition coefficient (Wildman–Crippen LogP) is 4.25. The highest BCUT2D eigenvalue weighted by Crippen LogP contribution is 2.36. The summed E-state index contributed by atoms with van der Waals surface area (Å²) in [7, 11) is 2.82. The summed E-state index contributed by atoms with van der Waals surface area (Å²) in [6.07, 6.45) is 1.39. The average molecular weight is 479 g/mol. The first-order valence-electron chi connectivity index (χ1n) is 9.72. The highest BCUT2D eigenvalue weighted by molar-refractivity contribution is 6.32. The number of hydrogen-bond donors (Lipinski definition) is 1. The molecule has 0 spiro atoms. The number of benzene rings is 2. The second kappa shape index (κ2) is 11.7. The second-order valence-electron chi connectivity index (χ2n) is 6.51. The van der Waals surface area contributed by atoms with E-state index in [0.29, 0.717) is 28.7 Å². The number of methoxy groups -OCH3 is 2. The Morgan fingerprint density at radius 1 is 1.18 bits per heavy atom. The number of carbonyl (C=O) groups excluding carboxylic acids is 2. The van der Waals surface area contributed by atoms with Crippen molar-refractivity contribution in [3.05, 3.63) is 57.1 Å². The molecule has 33 heavy (non-hydrogen) atoms. The standard InChI is InChI=1S/C22H23ClN2O8/c1-5-32-19-11-14(10-16(23)21(19)31-4)6-9-20(26)33-13(2)22(27)24-17-12-15(25(28)29)7-8-18(17)30-3/h6-13H,5H2,1-4H3,(H,24,27)/b9-6+. The van der Waals surface area contributed by atoms with Crippen molar-refractivity contribution in [1.82, 2.24) is 0 Å². The third kappa shape index (κ3) is 6.84. The van der Waals surface area contributed by atoms with Crippen LogP contribution in [0.4, 0.5) is 11.4 Å². The highest BCUT2D eigenvalue weighted by atomic mass is 35.5. The smallest absolute Gasteiger partial charge is 0.331 e. The van der Waals surface area contributed by atoms with Crippen LogP contribution < -0.4 is 19.5 Å². The lowest BCUT2D eigenvalue weighted by molar-refractivity contribution is -0.384. The molecule has 0 aliphatic heterocycles. The van der Waals surface area contributed by atoms with Gasteiger partial charge in [0.25, 0.3) is 11.6 Å². The van der Waals surface area contributed by atoms with Crippen LogP contribution in [0.5, 0.6) is 17.2 Å². The van der Waals surface area contributed by atoms with Gasteiger partial charge in [-0.25, -0.2) is 4.79 Å². The molecule has 2 aromatic carbocycles. The maximum absolute atomic E-state index is 12.4. The van der Waals surface area contributed by atoms with Crippen LogP contribution in [0.3, 0.4) is 0 Å². The minimum Gasteiger partial charge on any atom is -0.495 e. The molecule has 11 heteroatoms. The van der Waals surface area contributed by atoms with E-state index in [1.54, 1.807) is 12.1 Å². The number of anilines is 1. The van der Waals surface area contributed by atoms with E-state index in [2.05, 4.69) is 5.32 Å². The molecule has 1 atom stereocenters. The van der Waals surface area contributed by atoms with Gasteiger partial charge in [-0.2, -0.15) is 0 Å². The summed E-state index contributed by atoms with van der Waals surface area (Å²) in [5.74, 6) is -0.469. The van der Waals surface area contributed by atoms with Crippen LogP contribution in [0.1, 0.15) is 19.4 Å². The van der Waals surface area contributed by atoms with E-state index in [0.717, 1.165) is 12.1 Å². The van der Waals surface area contributed by atoms with Crippen molar-refractivity contribution in [3.63, 3.8) is 0 Å². The zero-order valence-corrected chi connectivity index (χ0v) is 19.2. The summed E-state index contributed by atoms with van der Waals surface area (Å²) in [6.45, 7) is 3.56. The molecule has 0 heterocycles. The van der Waals surface area contributed by atoms with Gasteiger partial charge >= 0.3 is 5.97 Å². The van der Waals surface area contributed by atoms with Gasteiger partial charge in [0.1, 0.15) is 5.75 Å². The van der Waals surface area contributed by atoms with Crippen LogP contribution in [0.25, 0.3) is 6.08 Å². The first kappa shape index (κ1) is 25.5. The normalized spacial score (nSPS) is 11.5. The molecule has 0 fully saturated rings. The summed E-state index contributed by atoms with van der Waals surface area (Å²) in [5, 5.41) is 13.7. The summed E-state index contributed by atoms with van der Waals surface area (Å²) < 4.78 is 20.9. The Morgan fingerprint density at radius 3 is 2.52 bits per heavy atom. The third-order valence-corrected chi connectivity index (χ3v) is 4.54. The maximum Gasteiger partial charge on any atom is 0.331 e. The number of carbonyl (C=O) groups is 2. The van der Waals surface area contributed by atoms with Crippen molar-refractivity contribution in [2.24, 2.45) is 0 Å². The molecule has 0 aromatic heterocycles. The monoisotopic (exact) mass is 478 g/mol. The highest BCUT2D eigenvalue weighted by Gasteiger charge is 2.20. The fourth-order valence-corrected chi connectivity index (χ4v) is 3.01. The Balaban J connectivity index is 2.07. The second-order valence-corrected chi connectivity index (χ2v) is 6.92. The molecule has 2 aromatic rings. The molecule has 0 aliphatic rings. The molecule has 0 saturated heterocycles. The number of non-ortho nitro benzene ring substituents is 1. The number of nitrogens with one attached hydrogen (secondary N) is 1. The average Bonchev–Trinajstić information content (AvgIpc) is 2.77. The fourth-order valence-electron chi connectivity index (χ4n) is 2.72. The quantitative estimate of drug-likeness (QED) is 0.232. The van der Waals surface area contributed by atoms with Crippen LogP contribution in [0.2, 0.25) is 5.02 Å². The van der Waals surface area contributed by atoms with Gasteiger partial charge in [-0.1, -0.05) is 11.6 Å². The van der Waals surface area contributed by atoms with E-state index in [4.69, 9.17) is 30.5 Å². The van der Waals surface area contributed by atoms with Crippen molar-refractivity contribution in [2.45, 2.75) is 20.0 Å². The molecule has 0 saturated carbocycles. The lowest BCUT2D eigenvalue weighted by Crippen LogP contribution is -2.29. The van der Waals surface area contributed by atoms with Gasteiger partial charge < -0.3 is 24.3 Å². The van der Waals surface area contributed by atoms with Crippen LogP contribution in [-0.4, -0.2) is 43.7 Å². The number of nitro groups is 1. The Hall–Kier alpha value is -3.79. The summed E-state index contributed by atoms with van der Waals surface area (Å²) in [5.41, 5.74) is 0.398. The number of nitro benzene ring substituents is 1. The molecular weight excluding hydrogens is 456 g/mol. The van der Waals surface area contributed by atoms with Crippen molar-refractivity contribution < 1.29 is 33.5 Å². The van der Waals surface area contributed by atoms with E-state index in [9.17, 15) is 19.7 Å². The molecule has 1 amide bonds. The SMILES string of the molecule is CCOc1cc(/C=C/C(=O)OC(C)C(=O)Nc2cc([N+](=O)[O-])ccc2OC)cc(Cl)c1OC. The molecule has 2 rings (SSSR count). The van der Waals surface area contributed by atoms with Gasteiger partial charge in [0.2, 0.25) is 0 Å². The minimum atomic E-state index is -1.19. The molecule has 0 radical (unpaired) electrons. The van der Waals surface area contributed by atoms with E-state index < -0.39 is 22.9 Å². The van der Waals surface area contributed by atoms with E-state index in [-0.39, 0.29) is 17.1 Å². The van der Waals surface area contributed by atoms with Gasteiger partial charge in [0.15, 0.2) is 17.6 Å². The van der Waals surface area contributed by atoms with Gasteiger partial charge in [0.05, 0.1) is 36.5 Å². The van der Waals surface area contributed by atoms with Gasteiger partial charge in [-0.3, -0.25) is 14.9 Å². The summed E-state index contributed by atoms with van der Waals surface area (Å²) in [4.78, 5) is 35.0. The molecule has 176 valence electrons. The van der Waals surface area contributed by atoms with Crippen molar-refractivity contribution in [2.75, 3.05) is 26.1 Å². The Morgan fingerprint density at radius 2 is 1.91 bits per heavy atom. The number of esters is 1. The molecular formula is C22H23ClN2O8. The van der Waals surface area contributed by atoms with Crippen molar-refractivity contribution in [3.8, 4) is 17.2 Å². The molecule has 1 unspecified atom stereocenters. The van der Waals surface area contributed by atoms with Gasteiger partial charge in [-0.05, 0) is 43.7 Å². The molecule has 10 nitrogen and oxygen atoms in total. The lowest BCUT2D eigenvalue weighted by atomic mass is 10.2. The van der Waals surface area contributed by atoms with E-state index in [1.807, 2.05) is 6.92 Å². The summed E-state index contributed by atoms with van der Waals surface area (Å²) >= 11 is 6.18. The predicted molar refractivity (Wildman–Crippen MR) is 122 cm³/mol. The minimum absolute atomic E-state index is 0.0754. The fraction of sp³-hybridized carbons (Fsp3) is 0.273. The van der Waals surface area contributed by atoms with E-state index in [1.165, 1.54) is 39.4 Å². The number of nitrogens with zero attached hydrogens (tertiary/aromatic N) is 1. The zero-order chi connectivity index (χ0) is 24.5. The topological polar surface area (TPSA) is 126 Å². The largest absolute Gasteiger partial charge is 0.495 e. The number of halogens is 1. The zero-order valence-electron chi connectivity index (χ0n) is 18.4. The number of hydrogen-bond acceptors (Lipinski definition) is 8. The first-order chi connectivity index (χ1) is 15.7. The Bertz CT molecular complexity index is 1070. The van der Waals surface area contributed by atoms with Gasteiger partial charge in [0, 0.05) is 18.2 Å². The third-order valence-electron chi connectivity index (χ3n) is 4.26. The van der Waals surface area contributed by atoms with Crippen LogP contribution in [-0.2, 0) is 14.3 Å². The van der Waals surface area contributed by atoms with Crippen LogP contribution in [0.15, 0.2) is 36.4 Å². The molecule has 0 aliphatic carbocycles. The Kier molecular flexibility index (Phi) is 9.05. The summed E-state index contributed by atoms with van der Waals surface area (Å²) in [6, 6.07) is 6.96. The lowest BCUT2D eigenvalue weighted by Gasteiger charge is -2.14. The van der Waals surface area contributed by atoms with E-state index >= 15 is 0 Å². The van der Waals surface area contributed by atoms with Gasteiger partial charge in [-0.15, -0.1) is 0 Å². The molecule has 1 N–H and O–H groups in total.